The van der Waals surface area contributed by atoms with E-state index in [2.05, 4.69) is 20.8 Å². The maximum atomic E-state index is 8.76. The molecule has 0 amide bonds. The highest BCUT2D eigenvalue weighted by atomic mass is 16.3. The first-order chi connectivity index (χ1) is 6.60. The van der Waals surface area contributed by atoms with Crippen LogP contribution in [-0.2, 0) is 0 Å². The topological polar surface area (TPSA) is 20.2 Å². The van der Waals surface area contributed by atoms with Crippen LogP contribution in [0, 0.1) is 12.8 Å². The molecular formula is C13H22O. The molecule has 1 aromatic carbocycles. The molecule has 0 radical (unpaired) electrons. The number of hydrogen-bond acceptors (Lipinski definition) is 1. The predicted octanol–water partition coefficient (Wildman–Crippen LogP) is 4.14. The van der Waals surface area contributed by atoms with E-state index in [0.717, 1.165) is 5.92 Å². The number of benzene rings is 1. The molecule has 1 nitrogen and oxygen atoms in total. The average Bonchev–Trinajstić information content (AvgIpc) is 2.22. The minimum absolute atomic E-state index is 0.329. The summed E-state index contributed by atoms with van der Waals surface area (Å²) in [4.78, 5) is 0. The van der Waals surface area contributed by atoms with Crippen molar-refractivity contribution >= 4 is 0 Å². The van der Waals surface area contributed by atoms with Crippen molar-refractivity contribution < 1.29 is 5.11 Å². The molecule has 1 rings (SSSR count). The van der Waals surface area contributed by atoms with Crippen LogP contribution < -0.4 is 0 Å². The summed E-state index contributed by atoms with van der Waals surface area (Å²) in [6, 6.07) is 7.09. The van der Waals surface area contributed by atoms with E-state index in [1.165, 1.54) is 18.4 Å². The fourth-order valence-corrected chi connectivity index (χ4v) is 0.833. The Morgan fingerprint density at radius 1 is 1.07 bits per heavy atom. The van der Waals surface area contributed by atoms with Gasteiger partial charge in [-0.3, -0.25) is 0 Å². The summed E-state index contributed by atoms with van der Waals surface area (Å²) in [5, 5.41) is 8.76. The molecule has 1 heteroatoms. The molecule has 1 N–H and O–H groups in total. The highest BCUT2D eigenvalue weighted by Gasteiger charge is 1.88. The van der Waals surface area contributed by atoms with Crippen molar-refractivity contribution in [3.63, 3.8) is 0 Å². The van der Waals surface area contributed by atoms with Crippen LogP contribution in [0.4, 0.5) is 0 Å². The summed E-state index contributed by atoms with van der Waals surface area (Å²) in [6.07, 6.45) is 2.66. The largest absolute Gasteiger partial charge is 0.508 e. The Labute approximate surface area is 87.8 Å². The van der Waals surface area contributed by atoms with Crippen molar-refractivity contribution in [3.8, 4) is 5.75 Å². The second-order valence-electron chi connectivity index (χ2n) is 3.76. The van der Waals surface area contributed by atoms with Crippen LogP contribution in [0.15, 0.2) is 24.3 Å². The SMILES string of the molecule is CCC(C)CC.Cc1ccc(O)cc1. The first kappa shape index (κ1) is 13.0. The molecule has 0 bridgehead atoms. The van der Waals surface area contributed by atoms with E-state index in [4.69, 9.17) is 5.11 Å². The molecule has 0 saturated heterocycles. The molecule has 0 spiro atoms. The Morgan fingerprint density at radius 3 is 1.71 bits per heavy atom. The highest BCUT2D eigenvalue weighted by molar-refractivity contribution is 5.24. The molecule has 0 saturated carbocycles. The Kier molecular flexibility index (Phi) is 6.91. The fourth-order valence-electron chi connectivity index (χ4n) is 0.833. The van der Waals surface area contributed by atoms with Gasteiger partial charge in [-0.1, -0.05) is 51.3 Å². The van der Waals surface area contributed by atoms with Crippen LogP contribution in [0.25, 0.3) is 0 Å². The van der Waals surface area contributed by atoms with Crippen LogP contribution in [0.3, 0.4) is 0 Å². The van der Waals surface area contributed by atoms with Crippen LogP contribution in [-0.4, -0.2) is 5.11 Å². The van der Waals surface area contributed by atoms with Gasteiger partial charge in [0.1, 0.15) is 5.75 Å². The third-order valence-corrected chi connectivity index (χ3v) is 2.43. The monoisotopic (exact) mass is 194 g/mol. The Balaban J connectivity index is 0.000000255. The van der Waals surface area contributed by atoms with Crippen molar-refractivity contribution in [2.24, 2.45) is 5.92 Å². The summed E-state index contributed by atoms with van der Waals surface area (Å²) < 4.78 is 0. The van der Waals surface area contributed by atoms with Gasteiger partial charge in [0.15, 0.2) is 0 Å². The summed E-state index contributed by atoms with van der Waals surface area (Å²) in [7, 11) is 0. The van der Waals surface area contributed by atoms with E-state index in [1.54, 1.807) is 12.1 Å². The summed E-state index contributed by atoms with van der Waals surface area (Å²) in [5.41, 5.74) is 1.17. The summed E-state index contributed by atoms with van der Waals surface area (Å²) in [5.74, 6) is 1.26. The predicted molar refractivity (Wildman–Crippen MR) is 62.6 cm³/mol. The molecular weight excluding hydrogens is 172 g/mol. The highest BCUT2D eigenvalue weighted by Crippen LogP contribution is 2.07. The zero-order valence-electron chi connectivity index (χ0n) is 9.75. The third-order valence-electron chi connectivity index (χ3n) is 2.43. The first-order valence-corrected chi connectivity index (χ1v) is 5.35. The molecule has 1 aromatic rings. The fraction of sp³-hybridized carbons (Fsp3) is 0.538. The van der Waals surface area contributed by atoms with Gasteiger partial charge in [0.2, 0.25) is 0 Å². The number of phenols is 1. The molecule has 0 heterocycles. The average molecular weight is 194 g/mol. The second kappa shape index (κ2) is 7.43. The molecule has 0 aliphatic rings. The smallest absolute Gasteiger partial charge is 0.115 e. The van der Waals surface area contributed by atoms with Gasteiger partial charge in [0, 0.05) is 0 Å². The molecule has 0 aromatic heterocycles. The minimum Gasteiger partial charge on any atom is -0.508 e. The summed E-state index contributed by atoms with van der Waals surface area (Å²) >= 11 is 0. The van der Waals surface area contributed by atoms with Gasteiger partial charge in [0.25, 0.3) is 0 Å². The molecule has 0 aliphatic heterocycles. The van der Waals surface area contributed by atoms with Crippen LogP contribution >= 0.6 is 0 Å². The van der Waals surface area contributed by atoms with Gasteiger partial charge in [-0.25, -0.2) is 0 Å². The zero-order valence-corrected chi connectivity index (χ0v) is 9.75. The molecule has 0 aliphatic carbocycles. The van der Waals surface area contributed by atoms with Crippen molar-refractivity contribution in [1.29, 1.82) is 0 Å². The van der Waals surface area contributed by atoms with Gasteiger partial charge >= 0.3 is 0 Å². The number of aromatic hydroxyl groups is 1. The zero-order chi connectivity index (χ0) is 11.0. The lowest BCUT2D eigenvalue weighted by atomic mass is 10.1. The maximum Gasteiger partial charge on any atom is 0.115 e. The van der Waals surface area contributed by atoms with Gasteiger partial charge in [-0.05, 0) is 25.0 Å². The molecule has 14 heavy (non-hydrogen) atoms. The lowest BCUT2D eigenvalue weighted by Crippen LogP contribution is -1.85. The van der Waals surface area contributed by atoms with Crippen molar-refractivity contribution in [1.82, 2.24) is 0 Å². The Hall–Kier alpha value is -0.980. The van der Waals surface area contributed by atoms with Gasteiger partial charge in [-0.15, -0.1) is 0 Å². The van der Waals surface area contributed by atoms with Gasteiger partial charge in [0.05, 0.1) is 0 Å². The normalized spacial score (nSPS) is 9.50. The van der Waals surface area contributed by atoms with Crippen LogP contribution in [0.5, 0.6) is 5.75 Å². The molecule has 0 atom stereocenters. The number of hydrogen-bond donors (Lipinski definition) is 1. The van der Waals surface area contributed by atoms with E-state index >= 15 is 0 Å². The molecule has 0 unspecified atom stereocenters. The second-order valence-corrected chi connectivity index (χ2v) is 3.76. The van der Waals surface area contributed by atoms with E-state index in [-0.39, 0.29) is 0 Å². The van der Waals surface area contributed by atoms with E-state index in [1.807, 2.05) is 19.1 Å². The summed E-state index contributed by atoms with van der Waals surface area (Å²) in [6.45, 7) is 8.72. The van der Waals surface area contributed by atoms with Crippen molar-refractivity contribution in [3.05, 3.63) is 29.8 Å². The number of rotatable bonds is 2. The Bertz CT molecular complexity index is 200. The standard InChI is InChI=1S/C7H8O.C6H14/c1-6-2-4-7(8)5-3-6;1-4-6(3)5-2/h2-5,8H,1H3;6H,4-5H2,1-3H3. The Morgan fingerprint density at radius 2 is 1.50 bits per heavy atom. The van der Waals surface area contributed by atoms with Gasteiger partial charge in [-0.2, -0.15) is 0 Å². The van der Waals surface area contributed by atoms with E-state index in [9.17, 15) is 0 Å². The lowest BCUT2D eigenvalue weighted by molar-refractivity contribution is 0.475. The minimum atomic E-state index is 0.329. The van der Waals surface area contributed by atoms with Crippen molar-refractivity contribution in [2.45, 2.75) is 40.5 Å². The van der Waals surface area contributed by atoms with E-state index in [0.29, 0.717) is 5.75 Å². The maximum absolute atomic E-state index is 8.76. The molecule has 0 fully saturated rings. The molecule has 80 valence electrons. The first-order valence-electron chi connectivity index (χ1n) is 5.35. The van der Waals surface area contributed by atoms with Crippen LogP contribution in [0.1, 0.15) is 39.2 Å². The number of phenolic OH excluding ortho intramolecular Hbond substituents is 1. The number of aryl methyl sites for hydroxylation is 1. The van der Waals surface area contributed by atoms with Gasteiger partial charge < -0.3 is 5.11 Å². The van der Waals surface area contributed by atoms with Crippen LogP contribution in [0.2, 0.25) is 0 Å². The quantitative estimate of drug-likeness (QED) is 0.750. The van der Waals surface area contributed by atoms with E-state index < -0.39 is 0 Å². The third kappa shape index (κ3) is 6.53. The lowest BCUT2D eigenvalue weighted by Gasteiger charge is -1.98. The van der Waals surface area contributed by atoms with Crippen molar-refractivity contribution in [2.75, 3.05) is 0 Å².